The Morgan fingerprint density at radius 2 is 1.70 bits per heavy atom. The molecule has 0 amide bonds. The van der Waals surface area contributed by atoms with Gasteiger partial charge in [-0.3, -0.25) is 4.79 Å². The van der Waals surface area contributed by atoms with Gasteiger partial charge in [0.15, 0.2) is 0 Å². The van der Waals surface area contributed by atoms with E-state index in [-0.39, 0.29) is 0 Å². The molecule has 0 fully saturated rings. The highest BCUT2D eigenvalue weighted by molar-refractivity contribution is 5.78. The molecule has 0 saturated carbocycles. The Labute approximate surface area is 121 Å². The van der Waals surface area contributed by atoms with Crippen LogP contribution >= 0.6 is 0 Å². The Bertz CT molecular complexity index is 244. The van der Waals surface area contributed by atoms with Crippen LogP contribution in [0, 0.1) is 0 Å². The van der Waals surface area contributed by atoms with E-state index in [1.54, 1.807) is 14.2 Å². The van der Waals surface area contributed by atoms with Crippen molar-refractivity contribution >= 4 is 5.97 Å². The van der Waals surface area contributed by atoms with Crippen molar-refractivity contribution in [3.63, 3.8) is 0 Å². The molecule has 0 aliphatic heterocycles. The number of methoxy groups -OCH3 is 1. The fourth-order valence-corrected chi connectivity index (χ4v) is 1.93. The third-order valence-electron chi connectivity index (χ3n) is 3.39. The number of carbonyl (C=O) groups is 1. The zero-order valence-electron chi connectivity index (χ0n) is 12.9. The second kappa shape index (κ2) is 12.1. The molecular formula is C14H29NO5. The average molecular weight is 291 g/mol. The van der Waals surface area contributed by atoms with Crippen molar-refractivity contribution in [3.05, 3.63) is 0 Å². The van der Waals surface area contributed by atoms with E-state index in [2.05, 4.69) is 5.32 Å². The van der Waals surface area contributed by atoms with Gasteiger partial charge in [0.1, 0.15) is 5.54 Å². The highest BCUT2D eigenvalue weighted by Gasteiger charge is 2.33. The van der Waals surface area contributed by atoms with Crippen molar-refractivity contribution < 1.29 is 24.1 Å². The first-order chi connectivity index (χ1) is 9.63. The van der Waals surface area contributed by atoms with Crippen molar-refractivity contribution in [1.29, 1.82) is 0 Å². The minimum absolute atomic E-state index is 0.562. The van der Waals surface area contributed by atoms with Crippen LogP contribution in [-0.4, -0.2) is 63.8 Å². The van der Waals surface area contributed by atoms with Crippen LogP contribution in [0.1, 0.15) is 32.6 Å². The normalized spacial score (nSPS) is 14.2. The Kier molecular flexibility index (Phi) is 11.7. The SMILES string of the molecule is CCC(CCCOCCCOCCOC)(NC)C(=O)O. The summed E-state index contributed by atoms with van der Waals surface area (Å²) in [5, 5.41) is 12.1. The van der Waals surface area contributed by atoms with Crippen LogP contribution in [0.25, 0.3) is 0 Å². The van der Waals surface area contributed by atoms with Crippen LogP contribution in [0.2, 0.25) is 0 Å². The number of likely N-dealkylation sites (N-methyl/N-ethyl adjacent to an activating group) is 1. The van der Waals surface area contributed by atoms with Gasteiger partial charge in [0.2, 0.25) is 0 Å². The van der Waals surface area contributed by atoms with Gasteiger partial charge in [0, 0.05) is 26.9 Å². The Balaban J connectivity index is 3.53. The van der Waals surface area contributed by atoms with Crippen LogP contribution in [0.15, 0.2) is 0 Å². The number of hydrogen-bond donors (Lipinski definition) is 2. The molecule has 0 aromatic heterocycles. The number of nitrogens with one attached hydrogen (secondary N) is 1. The standard InChI is InChI=1S/C14H29NO5/c1-4-14(15-2,13(16)17)7-5-8-19-9-6-10-20-12-11-18-3/h15H,4-12H2,1-3H3,(H,16,17). The molecule has 2 N–H and O–H groups in total. The molecule has 0 aliphatic carbocycles. The van der Waals surface area contributed by atoms with E-state index in [0.717, 1.165) is 12.8 Å². The van der Waals surface area contributed by atoms with Crippen molar-refractivity contribution in [2.75, 3.05) is 47.2 Å². The third-order valence-corrected chi connectivity index (χ3v) is 3.39. The number of carboxylic acids is 1. The third kappa shape index (κ3) is 7.79. The summed E-state index contributed by atoms with van der Waals surface area (Å²) in [6.07, 6.45) is 2.70. The van der Waals surface area contributed by atoms with Gasteiger partial charge < -0.3 is 24.6 Å². The first-order valence-corrected chi connectivity index (χ1v) is 7.19. The molecule has 6 nitrogen and oxygen atoms in total. The van der Waals surface area contributed by atoms with Crippen LogP contribution in [0.4, 0.5) is 0 Å². The molecule has 120 valence electrons. The second-order valence-electron chi connectivity index (χ2n) is 4.67. The summed E-state index contributed by atoms with van der Waals surface area (Å²) in [7, 11) is 3.33. The lowest BCUT2D eigenvalue weighted by molar-refractivity contribution is -0.145. The van der Waals surface area contributed by atoms with Gasteiger partial charge in [0.25, 0.3) is 0 Å². The van der Waals surface area contributed by atoms with E-state index in [1.165, 1.54) is 0 Å². The lowest BCUT2D eigenvalue weighted by Crippen LogP contribution is -2.49. The van der Waals surface area contributed by atoms with E-state index in [9.17, 15) is 9.90 Å². The molecule has 0 radical (unpaired) electrons. The molecule has 20 heavy (non-hydrogen) atoms. The minimum atomic E-state index is -0.827. The van der Waals surface area contributed by atoms with Gasteiger partial charge in [-0.05, 0) is 32.7 Å². The van der Waals surface area contributed by atoms with Gasteiger partial charge in [0.05, 0.1) is 13.2 Å². The zero-order chi connectivity index (χ0) is 15.3. The lowest BCUT2D eigenvalue weighted by atomic mass is 9.91. The molecular weight excluding hydrogens is 262 g/mol. The van der Waals surface area contributed by atoms with Gasteiger partial charge in [-0.15, -0.1) is 0 Å². The van der Waals surface area contributed by atoms with Crippen LogP contribution in [0.5, 0.6) is 0 Å². The van der Waals surface area contributed by atoms with Crippen LogP contribution in [-0.2, 0) is 19.0 Å². The Morgan fingerprint density at radius 1 is 1.10 bits per heavy atom. The van der Waals surface area contributed by atoms with Crippen LogP contribution in [0.3, 0.4) is 0 Å². The summed E-state index contributed by atoms with van der Waals surface area (Å²) >= 11 is 0. The maximum atomic E-state index is 11.2. The molecule has 1 atom stereocenters. The number of carboxylic acid groups (broad SMARTS) is 1. The maximum absolute atomic E-state index is 11.2. The van der Waals surface area contributed by atoms with Gasteiger partial charge in [-0.2, -0.15) is 0 Å². The molecule has 0 saturated heterocycles. The molecule has 0 aromatic rings. The predicted molar refractivity (Wildman–Crippen MR) is 77.1 cm³/mol. The molecule has 0 spiro atoms. The van der Waals surface area contributed by atoms with Gasteiger partial charge in [-0.25, -0.2) is 0 Å². The quantitative estimate of drug-likeness (QED) is 0.470. The molecule has 0 heterocycles. The van der Waals surface area contributed by atoms with Crippen molar-refractivity contribution in [2.45, 2.75) is 38.1 Å². The summed E-state index contributed by atoms with van der Waals surface area (Å²) in [5.41, 5.74) is -0.827. The fourth-order valence-electron chi connectivity index (χ4n) is 1.93. The highest BCUT2D eigenvalue weighted by atomic mass is 16.5. The summed E-state index contributed by atoms with van der Waals surface area (Å²) in [6, 6.07) is 0. The van der Waals surface area contributed by atoms with E-state index in [1.807, 2.05) is 6.92 Å². The number of hydrogen-bond acceptors (Lipinski definition) is 5. The Morgan fingerprint density at radius 3 is 2.20 bits per heavy atom. The second-order valence-corrected chi connectivity index (χ2v) is 4.67. The minimum Gasteiger partial charge on any atom is -0.480 e. The van der Waals surface area contributed by atoms with Crippen molar-refractivity contribution in [2.24, 2.45) is 0 Å². The summed E-state index contributed by atoms with van der Waals surface area (Å²) in [6.45, 7) is 4.97. The first kappa shape index (κ1) is 19.3. The summed E-state index contributed by atoms with van der Waals surface area (Å²) in [5.74, 6) is -0.797. The lowest BCUT2D eigenvalue weighted by Gasteiger charge is -2.27. The van der Waals surface area contributed by atoms with Gasteiger partial charge >= 0.3 is 5.97 Å². The van der Waals surface area contributed by atoms with E-state index in [4.69, 9.17) is 14.2 Å². The number of aliphatic carboxylic acids is 1. The molecule has 1 unspecified atom stereocenters. The monoisotopic (exact) mass is 291 g/mol. The number of rotatable bonds is 14. The summed E-state index contributed by atoms with van der Waals surface area (Å²) in [4.78, 5) is 11.2. The molecule has 0 aliphatic rings. The van der Waals surface area contributed by atoms with Crippen LogP contribution < -0.4 is 5.32 Å². The van der Waals surface area contributed by atoms with Crippen molar-refractivity contribution in [1.82, 2.24) is 5.32 Å². The molecule has 0 bridgehead atoms. The smallest absolute Gasteiger partial charge is 0.323 e. The number of ether oxygens (including phenoxy) is 3. The maximum Gasteiger partial charge on any atom is 0.323 e. The molecule has 0 aromatic carbocycles. The van der Waals surface area contributed by atoms with E-state index >= 15 is 0 Å². The highest BCUT2D eigenvalue weighted by Crippen LogP contribution is 2.17. The zero-order valence-corrected chi connectivity index (χ0v) is 12.9. The largest absolute Gasteiger partial charge is 0.480 e. The predicted octanol–water partition coefficient (Wildman–Crippen LogP) is 1.29. The molecule has 6 heteroatoms. The van der Waals surface area contributed by atoms with E-state index < -0.39 is 11.5 Å². The fraction of sp³-hybridized carbons (Fsp3) is 0.929. The van der Waals surface area contributed by atoms with Crippen molar-refractivity contribution in [3.8, 4) is 0 Å². The van der Waals surface area contributed by atoms with Gasteiger partial charge in [-0.1, -0.05) is 6.92 Å². The summed E-state index contributed by atoms with van der Waals surface area (Å²) < 4.78 is 15.6. The first-order valence-electron chi connectivity index (χ1n) is 7.19. The topological polar surface area (TPSA) is 77.0 Å². The Hall–Kier alpha value is -0.690. The average Bonchev–Trinajstić information content (AvgIpc) is 2.45. The molecule has 0 rings (SSSR count). The van der Waals surface area contributed by atoms with E-state index in [0.29, 0.717) is 45.9 Å².